The standard InChI is InChI=1S/C16H24N2O4S/c1-10(2)14-16(19)17-6-7-18(14)23(20,21)15-11(3)8-13(22-5)9-12(15)4/h8-10,14H,6-7H2,1-5H3,(H,17,19). The molecular weight excluding hydrogens is 316 g/mol. The number of nitrogens with one attached hydrogen (secondary N) is 1. The molecule has 0 aliphatic carbocycles. The van der Waals surface area contributed by atoms with Crippen LogP contribution in [-0.4, -0.2) is 44.9 Å². The van der Waals surface area contributed by atoms with Crippen LogP contribution in [0, 0.1) is 19.8 Å². The van der Waals surface area contributed by atoms with E-state index in [2.05, 4.69) is 5.32 Å². The van der Waals surface area contributed by atoms with E-state index in [1.807, 2.05) is 13.8 Å². The number of hydrogen-bond acceptors (Lipinski definition) is 4. The van der Waals surface area contributed by atoms with E-state index in [0.717, 1.165) is 0 Å². The zero-order valence-corrected chi connectivity index (χ0v) is 15.0. The summed E-state index contributed by atoms with van der Waals surface area (Å²) < 4.78 is 32.9. The molecule has 1 atom stereocenters. The van der Waals surface area contributed by atoms with Gasteiger partial charge in [0.25, 0.3) is 0 Å². The molecule has 1 heterocycles. The van der Waals surface area contributed by atoms with Gasteiger partial charge in [-0.3, -0.25) is 4.79 Å². The number of carbonyl (C=O) groups is 1. The van der Waals surface area contributed by atoms with Gasteiger partial charge in [-0.1, -0.05) is 13.8 Å². The predicted molar refractivity (Wildman–Crippen MR) is 88.0 cm³/mol. The van der Waals surface area contributed by atoms with Crippen molar-refractivity contribution >= 4 is 15.9 Å². The number of benzene rings is 1. The molecule has 0 saturated carbocycles. The van der Waals surface area contributed by atoms with Gasteiger partial charge < -0.3 is 10.1 Å². The molecule has 23 heavy (non-hydrogen) atoms. The molecule has 0 radical (unpaired) electrons. The van der Waals surface area contributed by atoms with Gasteiger partial charge >= 0.3 is 0 Å². The van der Waals surface area contributed by atoms with Crippen LogP contribution >= 0.6 is 0 Å². The third-order valence-corrected chi connectivity index (χ3v) is 6.27. The average Bonchev–Trinajstić information content (AvgIpc) is 2.45. The van der Waals surface area contributed by atoms with Crippen molar-refractivity contribution in [2.75, 3.05) is 20.2 Å². The van der Waals surface area contributed by atoms with Crippen LogP contribution in [0.1, 0.15) is 25.0 Å². The number of aryl methyl sites for hydroxylation is 2. The lowest BCUT2D eigenvalue weighted by molar-refractivity contribution is -0.128. The molecule has 0 spiro atoms. The molecule has 1 saturated heterocycles. The summed E-state index contributed by atoms with van der Waals surface area (Å²) in [6.07, 6.45) is 0. The van der Waals surface area contributed by atoms with E-state index >= 15 is 0 Å². The highest BCUT2D eigenvalue weighted by atomic mass is 32.2. The van der Waals surface area contributed by atoms with Crippen molar-refractivity contribution in [3.8, 4) is 5.75 Å². The fraction of sp³-hybridized carbons (Fsp3) is 0.562. The lowest BCUT2D eigenvalue weighted by Gasteiger charge is -2.36. The van der Waals surface area contributed by atoms with Gasteiger partial charge in [0.1, 0.15) is 11.8 Å². The summed E-state index contributed by atoms with van der Waals surface area (Å²) in [5.74, 6) is 0.276. The van der Waals surface area contributed by atoms with Crippen molar-refractivity contribution in [2.24, 2.45) is 5.92 Å². The molecule has 1 N–H and O–H groups in total. The monoisotopic (exact) mass is 340 g/mol. The molecule has 7 heteroatoms. The summed E-state index contributed by atoms with van der Waals surface area (Å²) in [6.45, 7) is 7.81. The molecular formula is C16H24N2O4S. The number of methoxy groups -OCH3 is 1. The Balaban J connectivity index is 2.55. The van der Waals surface area contributed by atoms with Crippen LogP contribution < -0.4 is 10.1 Å². The number of carbonyl (C=O) groups excluding carboxylic acids is 1. The second kappa shape index (κ2) is 6.49. The Labute approximate surface area is 137 Å². The largest absolute Gasteiger partial charge is 0.497 e. The van der Waals surface area contributed by atoms with E-state index in [1.165, 1.54) is 4.31 Å². The van der Waals surface area contributed by atoms with Crippen LogP contribution in [-0.2, 0) is 14.8 Å². The zero-order chi connectivity index (χ0) is 17.4. The summed E-state index contributed by atoms with van der Waals surface area (Å²) in [6, 6.07) is 2.72. The molecule has 1 aliphatic heterocycles. The maximum atomic E-state index is 13.2. The first kappa shape index (κ1) is 17.7. The Kier molecular flexibility index (Phi) is 5.01. The Morgan fingerprint density at radius 2 is 1.83 bits per heavy atom. The number of amides is 1. The molecule has 1 aromatic carbocycles. The van der Waals surface area contributed by atoms with Crippen LogP contribution in [0.4, 0.5) is 0 Å². The molecule has 1 fully saturated rings. The van der Waals surface area contributed by atoms with E-state index in [0.29, 0.717) is 23.4 Å². The highest BCUT2D eigenvalue weighted by Gasteiger charge is 2.41. The van der Waals surface area contributed by atoms with Crippen molar-refractivity contribution in [1.82, 2.24) is 9.62 Å². The van der Waals surface area contributed by atoms with Crippen LogP contribution in [0.5, 0.6) is 5.75 Å². The lowest BCUT2D eigenvalue weighted by Crippen LogP contribution is -2.59. The maximum absolute atomic E-state index is 13.2. The summed E-state index contributed by atoms with van der Waals surface area (Å²) in [4.78, 5) is 12.4. The molecule has 1 amide bonds. The van der Waals surface area contributed by atoms with E-state index in [-0.39, 0.29) is 23.3 Å². The Hall–Kier alpha value is -1.60. The van der Waals surface area contributed by atoms with Crippen LogP contribution in [0.3, 0.4) is 0 Å². The SMILES string of the molecule is COc1cc(C)c(S(=O)(=O)N2CCNC(=O)C2C(C)C)c(C)c1. The fourth-order valence-corrected chi connectivity index (χ4v) is 5.26. The molecule has 128 valence electrons. The summed E-state index contributed by atoms with van der Waals surface area (Å²) in [7, 11) is -2.21. The second-order valence-electron chi connectivity index (χ2n) is 6.19. The zero-order valence-electron chi connectivity index (χ0n) is 14.2. The first-order valence-electron chi connectivity index (χ1n) is 7.65. The average molecular weight is 340 g/mol. The number of ether oxygens (including phenoxy) is 1. The molecule has 6 nitrogen and oxygen atoms in total. The molecule has 1 aromatic rings. The normalized spacial score (nSPS) is 19.7. The minimum Gasteiger partial charge on any atom is -0.497 e. The van der Waals surface area contributed by atoms with Crippen molar-refractivity contribution in [3.63, 3.8) is 0 Å². The highest BCUT2D eigenvalue weighted by Crippen LogP contribution is 2.31. The molecule has 0 bridgehead atoms. The van der Waals surface area contributed by atoms with Gasteiger partial charge in [0.05, 0.1) is 12.0 Å². The van der Waals surface area contributed by atoms with Crippen LogP contribution in [0.2, 0.25) is 0 Å². The number of piperazine rings is 1. The first-order valence-corrected chi connectivity index (χ1v) is 9.09. The van der Waals surface area contributed by atoms with Gasteiger partial charge in [0, 0.05) is 13.1 Å². The smallest absolute Gasteiger partial charge is 0.244 e. The van der Waals surface area contributed by atoms with Gasteiger partial charge in [0.15, 0.2) is 0 Å². The molecule has 0 aromatic heterocycles. The van der Waals surface area contributed by atoms with Crippen molar-refractivity contribution < 1.29 is 17.9 Å². The van der Waals surface area contributed by atoms with Gasteiger partial charge in [-0.05, 0) is 43.0 Å². The summed E-state index contributed by atoms with van der Waals surface area (Å²) >= 11 is 0. The minimum atomic E-state index is -3.76. The maximum Gasteiger partial charge on any atom is 0.244 e. The van der Waals surface area contributed by atoms with E-state index in [4.69, 9.17) is 4.74 Å². The Bertz CT molecular complexity index is 690. The highest BCUT2D eigenvalue weighted by molar-refractivity contribution is 7.89. The van der Waals surface area contributed by atoms with Gasteiger partial charge in [0.2, 0.25) is 15.9 Å². The first-order chi connectivity index (χ1) is 10.7. The summed E-state index contributed by atoms with van der Waals surface area (Å²) in [5.41, 5.74) is 1.24. The summed E-state index contributed by atoms with van der Waals surface area (Å²) in [5, 5.41) is 2.75. The third-order valence-electron chi connectivity index (χ3n) is 4.08. The van der Waals surface area contributed by atoms with E-state index in [9.17, 15) is 13.2 Å². The fourth-order valence-electron chi connectivity index (χ4n) is 3.12. The topological polar surface area (TPSA) is 75.7 Å². The third kappa shape index (κ3) is 3.21. The predicted octanol–water partition coefficient (Wildman–Crippen LogP) is 1.46. The Morgan fingerprint density at radius 3 is 2.30 bits per heavy atom. The number of rotatable bonds is 4. The molecule has 1 unspecified atom stereocenters. The van der Waals surface area contributed by atoms with Gasteiger partial charge in [-0.2, -0.15) is 4.31 Å². The quantitative estimate of drug-likeness (QED) is 0.900. The van der Waals surface area contributed by atoms with Gasteiger partial charge in [-0.15, -0.1) is 0 Å². The van der Waals surface area contributed by atoms with Crippen molar-refractivity contribution in [3.05, 3.63) is 23.3 Å². The van der Waals surface area contributed by atoms with E-state index < -0.39 is 16.1 Å². The lowest BCUT2D eigenvalue weighted by atomic mass is 10.0. The van der Waals surface area contributed by atoms with Crippen molar-refractivity contribution in [1.29, 1.82) is 0 Å². The minimum absolute atomic E-state index is 0.107. The van der Waals surface area contributed by atoms with Crippen LogP contribution in [0.25, 0.3) is 0 Å². The molecule has 1 aliphatic rings. The number of hydrogen-bond donors (Lipinski definition) is 1. The van der Waals surface area contributed by atoms with Crippen LogP contribution in [0.15, 0.2) is 17.0 Å². The second-order valence-corrected chi connectivity index (χ2v) is 8.01. The number of nitrogens with zero attached hydrogens (tertiary/aromatic N) is 1. The molecule has 2 rings (SSSR count). The number of sulfonamides is 1. The van der Waals surface area contributed by atoms with Gasteiger partial charge in [-0.25, -0.2) is 8.42 Å². The Morgan fingerprint density at radius 1 is 1.26 bits per heavy atom. The van der Waals surface area contributed by atoms with Crippen molar-refractivity contribution in [2.45, 2.75) is 38.6 Å². The van der Waals surface area contributed by atoms with E-state index in [1.54, 1.807) is 33.1 Å².